The number of hydrogen-bond donors (Lipinski definition) is 0. The molecule has 0 spiro atoms. The molecular weight excluding hydrogens is 254 g/mol. The van der Waals surface area contributed by atoms with Gasteiger partial charge in [0, 0.05) is 10.9 Å². The van der Waals surface area contributed by atoms with Crippen LogP contribution in [0.5, 0.6) is 0 Å². The van der Waals surface area contributed by atoms with Crippen LogP contribution in [0.25, 0.3) is 22.2 Å². The van der Waals surface area contributed by atoms with Gasteiger partial charge in [-0.15, -0.1) is 0 Å². The van der Waals surface area contributed by atoms with Crippen LogP contribution in [-0.4, -0.2) is 4.98 Å². The molecule has 1 aromatic heterocycles. The first-order valence-electron chi connectivity index (χ1n) is 7.42. The summed E-state index contributed by atoms with van der Waals surface area (Å²) in [5.41, 5.74) is 9.88. The van der Waals surface area contributed by atoms with Gasteiger partial charge in [-0.05, 0) is 74.6 Å². The number of nitrogens with zero attached hydrogens (tertiary/aromatic N) is 1. The summed E-state index contributed by atoms with van der Waals surface area (Å²) in [4.78, 5) is 4.97. The van der Waals surface area contributed by atoms with Crippen molar-refractivity contribution in [1.82, 2.24) is 4.98 Å². The highest BCUT2D eigenvalue weighted by molar-refractivity contribution is 5.87. The molecule has 21 heavy (non-hydrogen) atoms. The largest absolute Gasteiger partial charge is 0.247 e. The summed E-state index contributed by atoms with van der Waals surface area (Å²) in [7, 11) is 0. The Bertz CT molecular complexity index is 844. The zero-order chi connectivity index (χ0) is 15.1. The van der Waals surface area contributed by atoms with Crippen LogP contribution < -0.4 is 0 Å². The third-order valence-electron chi connectivity index (χ3n) is 4.34. The SMILES string of the molecule is Cc1cc(C)c2cc(C)c(-c3cccc(C)c3C)nc2c1. The van der Waals surface area contributed by atoms with Crippen LogP contribution in [0.4, 0.5) is 0 Å². The molecule has 0 saturated carbocycles. The molecule has 0 amide bonds. The average molecular weight is 275 g/mol. The van der Waals surface area contributed by atoms with Crippen LogP contribution in [0.3, 0.4) is 0 Å². The number of pyridine rings is 1. The Hall–Kier alpha value is -2.15. The van der Waals surface area contributed by atoms with Gasteiger partial charge in [0.25, 0.3) is 0 Å². The second-order valence-electron chi connectivity index (χ2n) is 6.05. The van der Waals surface area contributed by atoms with Crippen LogP contribution in [0, 0.1) is 34.6 Å². The molecule has 0 N–H and O–H groups in total. The summed E-state index contributed by atoms with van der Waals surface area (Å²) in [6.07, 6.45) is 0. The Morgan fingerprint density at radius 1 is 0.762 bits per heavy atom. The molecule has 0 aliphatic carbocycles. The van der Waals surface area contributed by atoms with E-state index in [1.54, 1.807) is 0 Å². The fourth-order valence-corrected chi connectivity index (χ4v) is 3.01. The molecular formula is C20H21N. The second-order valence-corrected chi connectivity index (χ2v) is 6.05. The number of benzene rings is 2. The Morgan fingerprint density at radius 2 is 1.52 bits per heavy atom. The molecule has 0 saturated heterocycles. The highest BCUT2D eigenvalue weighted by atomic mass is 14.7. The van der Waals surface area contributed by atoms with Crippen LogP contribution in [0.15, 0.2) is 36.4 Å². The van der Waals surface area contributed by atoms with E-state index in [-0.39, 0.29) is 0 Å². The van der Waals surface area contributed by atoms with Crippen LogP contribution in [0.1, 0.15) is 27.8 Å². The molecule has 0 unspecified atom stereocenters. The van der Waals surface area contributed by atoms with Crippen molar-refractivity contribution in [1.29, 1.82) is 0 Å². The quantitative estimate of drug-likeness (QED) is 0.576. The van der Waals surface area contributed by atoms with Gasteiger partial charge in [0.1, 0.15) is 0 Å². The standard InChI is InChI=1S/C20H21N/c1-12-9-14(3)18-11-15(4)20(21-19(18)10-12)17-8-6-7-13(2)16(17)5/h6-11H,1-5H3. The molecule has 106 valence electrons. The number of hydrogen-bond acceptors (Lipinski definition) is 1. The van der Waals surface area contributed by atoms with Gasteiger partial charge < -0.3 is 0 Å². The number of fused-ring (bicyclic) bond motifs is 1. The van der Waals surface area contributed by atoms with Gasteiger partial charge >= 0.3 is 0 Å². The zero-order valence-electron chi connectivity index (χ0n) is 13.4. The first kappa shape index (κ1) is 13.8. The first-order valence-corrected chi connectivity index (χ1v) is 7.42. The smallest absolute Gasteiger partial charge is 0.0741 e. The summed E-state index contributed by atoms with van der Waals surface area (Å²) in [6.45, 7) is 10.8. The summed E-state index contributed by atoms with van der Waals surface area (Å²) >= 11 is 0. The van der Waals surface area contributed by atoms with Crippen molar-refractivity contribution in [3.8, 4) is 11.3 Å². The zero-order valence-corrected chi connectivity index (χ0v) is 13.4. The molecule has 0 atom stereocenters. The van der Waals surface area contributed by atoms with E-state index in [0.717, 1.165) is 11.2 Å². The Labute approximate surface area is 126 Å². The van der Waals surface area contributed by atoms with E-state index in [0.29, 0.717) is 0 Å². The van der Waals surface area contributed by atoms with Crippen molar-refractivity contribution in [2.24, 2.45) is 0 Å². The maximum atomic E-state index is 4.97. The van der Waals surface area contributed by atoms with E-state index in [1.807, 2.05) is 0 Å². The lowest BCUT2D eigenvalue weighted by atomic mass is 9.96. The lowest BCUT2D eigenvalue weighted by molar-refractivity contribution is 1.27. The Morgan fingerprint density at radius 3 is 2.29 bits per heavy atom. The predicted octanol–water partition coefficient (Wildman–Crippen LogP) is 5.44. The molecule has 1 heteroatoms. The van der Waals surface area contributed by atoms with Gasteiger partial charge in [-0.25, -0.2) is 4.98 Å². The molecule has 0 fully saturated rings. The lowest BCUT2D eigenvalue weighted by Crippen LogP contribution is -1.95. The van der Waals surface area contributed by atoms with Crippen LogP contribution >= 0.6 is 0 Å². The van der Waals surface area contributed by atoms with E-state index in [4.69, 9.17) is 4.98 Å². The monoisotopic (exact) mass is 275 g/mol. The Kier molecular flexibility index (Phi) is 3.29. The van der Waals surface area contributed by atoms with Crippen molar-refractivity contribution >= 4 is 10.9 Å². The Balaban J connectivity index is 2.33. The minimum atomic E-state index is 1.09. The molecule has 1 nitrogen and oxygen atoms in total. The minimum Gasteiger partial charge on any atom is -0.247 e. The van der Waals surface area contributed by atoms with Gasteiger partial charge in [-0.3, -0.25) is 0 Å². The predicted molar refractivity (Wildman–Crippen MR) is 90.9 cm³/mol. The molecule has 0 radical (unpaired) electrons. The summed E-state index contributed by atoms with van der Waals surface area (Å²) in [5.74, 6) is 0. The van der Waals surface area contributed by atoms with Crippen molar-refractivity contribution < 1.29 is 0 Å². The van der Waals surface area contributed by atoms with E-state index in [1.165, 1.54) is 38.8 Å². The average Bonchev–Trinajstić information content (AvgIpc) is 2.42. The maximum Gasteiger partial charge on any atom is 0.0741 e. The molecule has 0 aliphatic heterocycles. The normalized spacial score (nSPS) is 11.1. The van der Waals surface area contributed by atoms with Gasteiger partial charge in [0.15, 0.2) is 0 Å². The molecule has 0 bridgehead atoms. The van der Waals surface area contributed by atoms with Crippen molar-refractivity contribution in [3.05, 3.63) is 64.2 Å². The third-order valence-corrected chi connectivity index (χ3v) is 4.34. The maximum absolute atomic E-state index is 4.97. The highest BCUT2D eigenvalue weighted by Gasteiger charge is 2.11. The molecule has 3 rings (SSSR count). The first-order chi connectivity index (χ1) is 9.97. The van der Waals surface area contributed by atoms with Crippen LogP contribution in [0.2, 0.25) is 0 Å². The van der Waals surface area contributed by atoms with Crippen molar-refractivity contribution in [3.63, 3.8) is 0 Å². The van der Waals surface area contributed by atoms with Crippen molar-refractivity contribution in [2.75, 3.05) is 0 Å². The third kappa shape index (κ3) is 2.33. The molecule has 0 aliphatic rings. The van der Waals surface area contributed by atoms with Gasteiger partial charge in [-0.1, -0.05) is 24.3 Å². The van der Waals surface area contributed by atoms with Gasteiger partial charge in [0.05, 0.1) is 11.2 Å². The van der Waals surface area contributed by atoms with Crippen LogP contribution in [-0.2, 0) is 0 Å². The summed E-state index contributed by atoms with van der Waals surface area (Å²) < 4.78 is 0. The lowest BCUT2D eigenvalue weighted by Gasteiger charge is -2.13. The van der Waals surface area contributed by atoms with E-state index in [2.05, 4.69) is 71.0 Å². The fraction of sp³-hybridized carbons (Fsp3) is 0.250. The minimum absolute atomic E-state index is 1.09. The summed E-state index contributed by atoms with van der Waals surface area (Å²) in [6, 6.07) is 13.1. The van der Waals surface area contributed by atoms with E-state index < -0.39 is 0 Å². The molecule has 1 heterocycles. The number of rotatable bonds is 1. The molecule has 2 aromatic carbocycles. The van der Waals surface area contributed by atoms with Gasteiger partial charge in [0.2, 0.25) is 0 Å². The number of aromatic nitrogens is 1. The van der Waals surface area contributed by atoms with Crippen molar-refractivity contribution in [2.45, 2.75) is 34.6 Å². The topological polar surface area (TPSA) is 12.9 Å². The molecule has 3 aromatic rings. The summed E-state index contributed by atoms with van der Waals surface area (Å²) in [5, 5.41) is 1.26. The highest BCUT2D eigenvalue weighted by Crippen LogP contribution is 2.30. The van der Waals surface area contributed by atoms with Gasteiger partial charge in [-0.2, -0.15) is 0 Å². The fourth-order valence-electron chi connectivity index (χ4n) is 3.01. The van der Waals surface area contributed by atoms with E-state index >= 15 is 0 Å². The second kappa shape index (κ2) is 5.00. The number of aryl methyl sites for hydroxylation is 4. The van der Waals surface area contributed by atoms with E-state index in [9.17, 15) is 0 Å².